The average Bonchev–Trinajstić information content (AvgIpc) is 2.59. The molecule has 0 saturated carbocycles. The molecule has 16 heavy (non-hydrogen) atoms. The van der Waals surface area contributed by atoms with Gasteiger partial charge in [-0.2, -0.15) is 12.6 Å². The van der Waals surface area contributed by atoms with Gasteiger partial charge in [-0.15, -0.1) is 0 Å². The molecule has 3 nitrogen and oxygen atoms in total. The van der Waals surface area contributed by atoms with Crippen LogP contribution in [0.4, 0.5) is 0 Å². The van der Waals surface area contributed by atoms with Gasteiger partial charge in [-0.05, 0) is 24.6 Å². The van der Waals surface area contributed by atoms with Gasteiger partial charge in [0.1, 0.15) is 6.61 Å². The number of thiol groups is 1. The van der Waals surface area contributed by atoms with Crippen molar-refractivity contribution in [1.29, 1.82) is 0 Å². The maximum absolute atomic E-state index is 12.0. The van der Waals surface area contributed by atoms with E-state index in [0.717, 1.165) is 6.42 Å². The fourth-order valence-corrected chi connectivity index (χ4v) is 2.12. The highest BCUT2D eigenvalue weighted by molar-refractivity contribution is 7.81. The molecular formula is C11H19NO2S2. The minimum absolute atomic E-state index is 0.0306. The number of rotatable bonds is 4. The molecule has 0 aromatic carbocycles. The summed E-state index contributed by atoms with van der Waals surface area (Å²) in [6.07, 6.45) is 1.30. The van der Waals surface area contributed by atoms with Crippen LogP contribution in [0.15, 0.2) is 0 Å². The molecule has 0 N–H and O–H groups in total. The lowest BCUT2D eigenvalue weighted by molar-refractivity contribution is -0.128. The molecule has 0 unspecified atom stereocenters. The molecule has 1 rings (SSSR count). The molecular weight excluding hydrogens is 242 g/mol. The Balaban J connectivity index is 2.68. The van der Waals surface area contributed by atoms with Crippen molar-refractivity contribution in [3.63, 3.8) is 0 Å². The van der Waals surface area contributed by atoms with Crippen LogP contribution in [0.25, 0.3) is 0 Å². The van der Waals surface area contributed by atoms with Gasteiger partial charge in [0.15, 0.2) is 0 Å². The summed E-state index contributed by atoms with van der Waals surface area (Å²) in [6.45, 7) is 6.68. The fourth-order valence-electron chi connectivity index (χ4n) is 1.66. The van der Waals surface area contributed by atoms with Gasteiger partial charge in [-0.25, -0.2) is 0 Å². The summed E-state index contributed by atoms with van der Waals surface area (Å²) in [7, 11) is 0. The van der Waals surface area contributed by atoms with E-state index in [1.165, 1.54) is 0 Å². The summed E-state index contributed by atoms with van der Waals surface area (Å²) in [4.78, 5) is 13.7. The van der Waals surface area contributed by atoms with E-state index in [4.69, 9.17) is 17.0 Å². The molecule has 1 heterocycles. The van der Waals surface area contributed by atoms with E-state index in [1.807, 2.05) is 6.92 Å². The molecule has 0 aromatic heterocycles. The zero-order valence-electron chi connectivity index (χ0n) is 9.97. The average molecular weight is 261 g/mol. The standard InChI is InChI=1S/C11H19NO2S2/c1-4-8(15)5-10(13)12-9(7(2)3)6-14-11(12)16/h7-9,15H,4-6H2,1-3H3/t8-,9-/m1/s1. The van der Waals surface area contributed by atoms with E-state index in [1.54, 1.807) is 4.90 Å². The first-order chi connectivity index (χ1) is 7.47. The molecule has 0 bridgehead atoms. The topological polar surface area (TPSA) is 29.5 Å². The van der Waals surface area contributed by atoms with Crippen molar-refractivity contribution in [1.82, 2.24) is 4.90 Å². The van der Waals surface area contributed by atoms with Crippen LogP contribution in [0.2, 0.25) is 0 Å². The summed E-state index contributed by atoms with van der Waals surface area (Å²) in [5, 5.41) is 0.420. The van der Waals surface area contributed by atoms with Gasteiger partial charge in [0.05, 0.1) is 6.04 Å². The van der Waals surface area contributed by atoms with Crippen LogP contribution in [-0.2, 0) is 9.53 Å². The van der Waals surface area contributed by atoms with Crippen molar-refractivity contribution in [2.45, 2.75) is 44.9 Å². The monoisotopic (exact) mass is 261 g/mol. The number of hydrogen-bond acceptors (Lipinski definition) is 4. The Morgan fingerprint density at radius 3 is 2.81 bits per heavy atom. The van der Waals surface area contributed by atoms with E-state index >= 15 is 0 Å². The molecule has 5 heteroatoms. The van der Waals surface area contributed by atoms with Crippen LogP contribution in [-0.4, -0.2) is 33.9 Å². The van der Waals surface area contributed by atoms with E-state index in [2.05, 4.69) is 26.5 Å². The second kappa shape index (κ2) is 5.87. The van der Waals surface area contributed by atoms with Crippen LogP contribution < -0.4 is 0 Å². The Hall–Kier alpha value is -0.290. The molecule has 1 fully saturated rings. The van der Waals surface area contributed by atoms with Crippen LogP contribution in [0, 0.1) is 5.92 Å². The van der Waals surface area contributed by atoms with Gasteiger partial charge in [0, 0.05) is 11.7 Å². The van der Waals surface area contributed by atoms with Crippen molar-refractivity contribution < 1.29 is 9.53 Å². The third-order valence-corrected chi connectivity index (χ3v) is 3.69. The molecule has 1 aliphatic rings. The van der Waals surface area contributed by atoms with E-state index in [0.29, 0.717) is 24.1 Å². The van der Waals surface area contributed by atoms with E-state index < -0.39 is 0 Å². The van der Waals surface area contributed by atoms with E-state index in [9.17, 15) is 4.79 Å². The number of amides is 1. The Labute approximate surface area is 108 Å². The van der Waals surface area contributed by atoms with Gasteiger partial charge < -0.3 is 4.74 Å². The second-order valence-electron chi connectivity index (χ2n) is 4.42. The van der Waals surface area contributed by atoms with Crippen molar-refractivity contribution in [3.05, 3.63) is 0 Å². The first-order valence-corrected chi connectivity index (χ1v) is 6.56. The largest absolute Gasteiger partial charge is 0.468 e. The molecule has 2 atom stereocenters. The van der Waals surface area contributed by atoms with Gasteiger partial charge in [0.25, 0.3) is 5.17 Å². The third-order valence-electron chi connectivity index (χ3n) is 2.83. The molecule has 0 radical (unpaired) electrons. The summed E-state index contributed by atoms with van der Waals surface area (Å²) in [5.41, 5.74) is 0. The van der Waals surface area contributed by atoms with Gasteiger partial charge in [-0.1, -0.05) is 20.8 Å². The second-order valence-corrected chi connectivity index (χ2v) is 5.50. The van der Waals surface area contributed by atoms with E-state index in [-0.39, 0.29) is 17.2 Å². The predicted octanol–water partition coefficient (Wildman–Crippen LogP) is 2.25. The highest BCUT2D eigenvalue weighted by atomic mass is 32.1. The lowest BCUT2D eigenvalue weighted by Gasteiger charge is -2.24. The smallest absolute Gasteiger partial charge is 0.266 e. The molecule has 0 spiro atoms. The number of carbonyl (C=O) groups excluding carboxylic acids is 1. The van der Waals surface area contributed by atoms with Crippen LogP contribution in [0.3, 0.4) is 0 Å². The van der Waals surface area contributed by atoms with Crippen LogP contribution >= 0.6 is 24.8 Å². The summed E-state index contributed by atoms with van der Waals surface area (Å²) < 4.78 is 5.29. The summed E-state index contributed by atoms with van der Waals surface area (Å²) in [5.74, 6) is 0.382. The molecule has 1 saturated heterocycles. The van der Waals surface area contributed by atoms with Crippen molar-refractivity contribution in [3.8, 4) is 0 Å². The SMILES string of the molecule is CC[C@@H](S)CC(=O)N1C(=S)OC[C@@H]1C(C)C. The van der Waals surface area contributed by atoms with Crippen LogP contribution in [0.5, 0.6) is 0 Å². The maximum atomic E-state index is 12.0. The predicted molar refractivity (Wildman–Crippen MR) is 71.7 cm³/mol. The highest BCUT2D eigenvalue weighted by Crippen LogP contribution is 2.22. The lowest BCUT2D eigenvalue weighted by atomic mass is 10.0. The number of thiocarbonyl (C=S) groups is 1. The molecule has 1 aliphatic heterocycles. The number of nitrogens with zero attached hydrogens (tertiary/aromatic N) is 1. The Morgan fingerprint density at radius 2 is 2.31 bits per heavy atom. The fraction of sp³-hybridized carbons (Fsp3) is 0.818. The summed E-state index contributed by atoms with van der Waals surface area (Å²) >= 11 is 9.40. The molecule has 1 amide bonds. The van der Waals surface area contributed by atoms with Crippen LogP contribution in [0.1, 0.15) is 33.6 Å². The van der Waals surface area contributed by atoms with Gasteiger partial charge >= 0.3 is 0 Å². The highest BCUT2D eigenvalue weighted by Gasteiger charge is 2.36. The first kappa shape index (κ1) is 13.8. The zero-order chi connectivity index (χ0) is 12.3. The van der Waals surface area contributed by atoms with Crippen molar-refractivity contribution in [2.24, 2.45) is 5.92 Å². The van der Waals surface area contributed by atoms with Gasteiger partial charge in [-0.3, -0.25) is 9.69 Å². The zero-order valence-corrected chi connectivity index (χ0v) is 11.7. The number of carbonyl (C=O) groups is 1. The quantitative estimate of drug-likeness (QED) is 0.622. The summed E-state index contributed by atoms with van der Waals surface area (Å²) in [6, 6.07) is 0.0809. The van der Waals surface area contributed by atoms with Crippen molar-refractivity contribution >= 4 is 35.9 Å². The molecule has 0 aliphatic carbocycles. The lowest BCUT2D eigenvalue weighted by Crippen LogP contribution is -2.42. The Kier molecular flexibility index (Phi) is 5.05. The molecule has 0 aromatic rings. The normalized spacial score (nSPS) is 22.4. The molecule has 92 valence electrons. The third kappa shape index (κ3) is 3.10. The minimum Gasteiger partial charge on any atom is -0.468 e. The Morgan fingerprint density at radius 1 is 1.69 bits per heavy atom. The Bertz CT molecular complexity index is 281. The number of hydrogen-bond donors (Lipinski definition) is 1. The number of ether oxygens (including phenoxy) is 1. The first-order valence-electron chi connectivity index (χ1n) is 5.64. The maximum Gasteiger partial charge on any atom is 0.266 e. The van der Waals surface area contributed by atoms with Gasteiger partial charge in [0.2, 0.25) is 5.91 Å². The minimum atomic E-state index is 0.0306. The van der Waals surface area contributed by atoms with Crippen molar-refractivity contribution in [2.75, 3.05) is 6.61 Å².